The summed E-state index contributed by atoms with van der Waals surface area (Å²) < 4.78 is 1.23. The van der Waals surface area contributed by atoms with Crippen LogP contribution in [0, 0.1) is 5.92 Å². The van der Waals surface area contributed by atoms with Gasteiger partial charge < -0.3 is 0 Å². The van der Waals surface area contributed by atoms with Gasteiger partial charge in [0.2, 0.25) is 0 Å². The highest BCUT2D eigenvalue weighted by Crippen LogP contribution is 2.22. The van der Waals surface area contributed by atoms with Gasteiger partial charge >= 0.3 is 0 Å². The quantitative estimate of drug-likeness (QED) is 0.470. The summed E-state index contributed by atoms with van der Waals surface area (Å²) in [6, 6.07) is 0. The van der Waals surface area contributed by atoms with Gasteiger partial charge in [0.15, 0.2) is 0 Å². The Hall–Kier alpha value is 0.210. The standard InChI is InChI=1S/C7H9I/c1-6-2-3-7(4-6)5-8/h2-3,7H,1,4-5H2. The Morgan fingerprint density at radius 3 is 2.88 bits per heavy atom. The number of rotatable bonds is 1. The summed E-state index contributed by atoms with van der Waals surface area (Å²) in [4.78, 5) is 0. The molecule has 0 nitrogen and oxygen atoms in total. The van der Waals surface area contributed by atoms with Crippen LogP contribution in [-0.2, 0) is 0 Å². The zero-order valence-electron chi connectivity index (χ0n) is 4.73. The van der Waals surface area contributed by atoms with E-state index in [-0.39, 0.29) is 0 Å². The molecule has 1 heteroatoms. The van der Waals surface area contributed by atoms with E-state index in [4.69, 9.17) is 0 Å². The van der Waals surface area contributed by atoms with Crippen LogP contribution in [0.25, 0.3) is 0 Å². The van der Waals surface area contributed by atoms with Crippen LogP contribution in [0.15, 0.2) is 24.3 Å². The van der Waals surface area contributed by atoms with E-state index in [0.717, 1.165) is 5.92 Å². The van der Waals surface area contributed by atoms with Crippen LogP contribution in [0.3, 0.4) is 0 Å². The molecule has 0 amide bonds. The zero-order chi connectivity index (χ0) is 5.98. The second-order valence-corrected chi connectivity index (χ2v) is 3.02. The van der Waals surface area contributed by atoms with Crippen LogP contribution in [0.2, 0.25) is 0 Å². The third-order valence-electron chi connectivity index (χ3n) is 1.33. The van der Waals surface area contributed by atoms with Crippen LogP contribution in [0.1, 0.15) is 6.42 Å². The Morgan fingerprint density at radius 2 is 2.62 bits per heavy atom. The molecule has 0 radical (unpaired) electrons. The first-order valence-electron chi connectivity index (χ1n) is 2.75. The van der Waals surface area contributed by atoms with Crippen LogP contribution < -0.4 is 0 Å². The van der Waals surface area contributed by atoms with Crippen LogP contribution in [-0.4, -0.2) is 4.43 Å². The molecule has 0 aromatic heterocycles. The normalized spacial score (nSPS) is 27.1. The van der Waals surface area contributed by atoms with Gasteiger partial charge in [-0.3, -0.25) is 0 Å². The molecule has 0 aromatic carbocycles. The number of hydrogen-bond donors (Lipinski definition) is 0. The highest BCUT2D eigenvalue weighted by Gasteiger charge is 2.08. The van der Waals surface area contributed by atoms with E-state index in [2.05, 4.69) is 41.3 Å². The van der Waals surface area contributed by atoms with Crippen molar-refractivity contribution in [1.82, 2.24) is 0 Å². The summed E-state index contributed by atoms with van der Waals surface area (Å²) in [6.45, 7) is 3.86. The number of halogens is 1. The molecule has 1 unspecified atom stereocenters. The minimum Gasteiger partial charge on any atom is -0.0958 e. The van der Waals surface area contributed by atoms with E-state index >= 15 is 0 Å². The van der Waals surface area contributed by atoms with Crippen LogP contribution >= 0.6 is 22.6 Å². The molecule has 8 heavy (non-hydrogen) atoms. The number of allylic oxidation sites excluding steroid dienone is 3. The summed E-state index contributed by atoms with van der Waals surface area (Å²) in [5.41, 5.74) is 1.28. The maximum Gasteiger partial charge on any atom is 0.00616 e. The van der Waals surface area contributed by atoms with Crippen molar-refractivity contribution in [3.05, 3.63) is 24.3 Å². The third kappa shape index (κ3) is 1.34. The molecule has 44 valence electrons. The van der Waals surface area contributed by atoms with E-state index in [1.807, 2.05) is 0 Å². The van der Waals surface area contributed by atoms with Crippen molar-refractivity contribution in [2.45, 2.75) is 6.42 Å². The molecule has 0 saturated carbocycles. The first-order chi connectivity index (χ1) is 3.83. The first-order valence-corrected chi connectivity index (χ1v) is 4.27. The minimum absolute atomic E-state index is 0.781. The Labute approximate surface area is 63.8 Å². The Bertz CT molecular complexity index is 124. The van der Waals surface area contributed by atoms with E-state index in [9.17, 15) is 0 Å². The second-order valence-electron chi connectivity index (χ2n) is 2.14. The molecule has 0 aromatic rings. The van der Waals surface area contributed by atoms with Crippen molar-refractivity contribution in [3.63, 3.8) is 0 Å². The van der Waals surface area contributed by atoms with Gasteiger partial charge in [0.05, 0.1) is 0 Å². The molecule has 1 rings (SSSR count). The average Bonchev–Trinajstić information content (AvgIpc) is 2.14. The van der Waals surface area contributed by atoms with E-state index in [1.165, 1.54) is 16.4 Å². The summed E-state index contributed by atoms with van der Waals surface area (Å²) >= 11 is 2.41. The van der Waals surface area contributed by atoms with Crippen molar-refractivity contribution >= 4 is 22.6 Å². The fourth-order valence-electron chi connectivity index (χ4n) is 0.851. The van der Waals surface area contributed by atoms with Gasteiger partial charge in [-0.1, -0.05) is 46.9 Å². The number of alkyl halides is 1. The number of hydrogen-bond acceptors (Lipinski definition) is 0. The van der Waals surface area contributed by atoms with Crippen molar-refractivity contribution in [2.75, 3.05) is 4.43 Å². The van der Waals surface area contributed by atoms with E-state index in [0.29, 0.717) is 0 Å². The molecule has 0 N–H and O–H groups in total. The summed E-state index contributed by atoms with van der Waals surface area (Å²) in [7, 11) is 0. The van der Waals surface area contributed by atoms with E-state index in [1.54, 1.807) is 0 Å². The summed E-state index contributed by atoms with van der Waals surface area (Å²) in [5, 5.41) is 0. The van der Waals surface area contributed by atoms with Crippen molar-refractivity contribution in [1.29, 1.82) is 0 Å². The lowest BCUT2D eigenvalue weighted by Gasteiger charge is -1.97. The molecular formula is C7H9I. The van der Waals surface area contributed by atoms with Gasteiger partial charge in [-0.15, -0.1) is 0 Å². The largest absolute Gasteiger partial charge is 0.0958 e. The van der Waals surface area contributed by atoms with Gasteiger partial charge in [-0.25, -0.2) is 0 Å². The maximum atomic E-state index is 3.86. The highest BCUT2D eigenvalue weighted by molar-refractivity contribution is 14.1. The molecule has 1 atom stereocenters. The first kappa shape index (κ1) is 6.33. The van der Waals surface area contributed by atoms with Gasteiger partial charge in [-0.05, 0) is 12.3 Å². The van der Waals surface area contributed by atoms with Gasteiger partial charge in [0, 0.05) is 4.43 Å². The fourth-order valence-corrected chi connectivity index (χ4v) is 1.46. The highest BCUT2D eigenvalue weighted by atomic mass is 127. The Kier molecular flexibility index (Phi) is 2.11. The lowest BCUT2D eigenvalue weighted by molar-refractivity contribution is 0.785. The maximum absolute atomic E-state index is 3.86. The fraction of sp³-hybridized carbons (Fsp3) is 0.429. The van der Waals surface area contributed by atoms with Gasteiger partial charge in [-0.2, -0.15) is 0 Å². The molecule has 0 spiro atoms. The molecular weight excluding hydrogens is 211 g/mol. The smallest absolute Gasteiger partial charge is 0.00616 e. The SMILES string of the molecule is C=C1C=CC(CI)C1. The van der Waals surface area contributed by atoms with E-state index < -0.39 is 0 Å². The Morgan fingerprint density at radius 1 is 1.88 bits per heavy atom. The molecule has 1 aliphatic carbocycles. The minimum atomic E-state index is 0.781. The third-order valence-corrected chi connectivity index (χ3v) is 2.46. The van der Waals surface area contributed by atoms with Crippen LogP contribution in [0.4, 0.5) is 0 Å². The van der Waals surface area contributed by atoms with Gasteiger partial charge in [0.1, 0.15) is 0 Å². The predicted molar refractivity (Wildman–Crippen MR) is 45.3 cm³/mol. The molecule has 0 heterocycles. The molecule has 0 saturated heterocycles. The summed E-state index contributed by atoms with van der Waals surface area (Å²) in [6.07, 6.45) is 5.56. The topological polar surface area (TPSA) is 0 Å². The molecule has 0 bridgehead atoms. The van der Waals surface area contributed by atoms with Crippen molar-refractivity contribution in [3.8, 4) is 0 Å². The molecule has 0 aliphatic heterocycles. The second kappa shape index (κ2) is 2.67. The zero-order valence-corrected chi connectivity index (χ0v) is 6.89. The lowest BCUT2D eigenvalue weighted by atomic mass is 10.1. The molecule has 1 aliphatic rings. The predicted octanol–water partition coefficient (Wildman–Crippen LogP) is 2.55. The van der Waals surface area contributed by atoms with Crippen molar-refractivity contribution < 1.29 is 0 Å². The Balaban J connectivity index is 2.46. The lowest BCUT2D eigenvalue weighted by Crippen LogP contribution is -1.90. The van der Waals surface area contributed by atoms with Crippen molar-refractivity contribution in [2.24, 2.45) is 5.92 Å². The average molecular weight is 220 g/mol. The summed E-state index contributed by atoms with van der Waals surface area (Å²) in [5.74, 6) is 0.781. The van der Waals surface area contributed by atoms with Gasteiger partial charge in [0.25, 0.3) is 0 Å². The van der Waals surface area contributed by atoms with Crippen LogP contribution in [0.5, 0.6) is 0 Å². The molecule has 0 fully saturated rings. The monoisotopic (exact) mass is 220 g/mol.